The van der Waals surface area contributed by atoms with Gasteiger partial charge in [-0.3, -0.25) is 0 Å². The van der Waals surface area contributed by atoms with Crippen LogP contribution in [0.2, 0.25) is 0 Å². The molecule has 2 heterocycles. The van der Waals surface area contributed by atoms with Crippen LogP contribution in [0.15, 0.2) is 36.7 Å². The highest BCUT2D eigenvalue weighted by Gasteiger charge is 2.44. The van der Waals surface area contributed by atoms with E-state index in [1.165, 1.54) is 31.2 Å². The minimum atomic E-state index is -0.321. The Morgan fingerprint density at radius 2 is 1.58 bits per heavy atom. The maximum absolute atomic E-state index is 12.8. The third-order valence-corrected chi connectivity index (χ3v) is 6.25. The molecule has 0 saturated carbocycles. The molecule has 0 radical (unpaired) electrons. The molecule has 1 aromatic carbocycles. The van der Waals surface area contributed by atoms with Gasteiger partial charge in [0.25, 0.3) is 0 Å². The minimum absolute atomic E-state index is 0.177. The van der Waals surface area contributed by atoms with E-state index in [-0.39, 0.29) is 17.0 Å². The van der Waals surface area contributed by atoms with Crippen LogP contribution in [-0.4, -0.2) is 32.1 Å². The van der Waals surface area contributed by atoms with Crippen LogP contribution in [0.1, 0.15) is 95.5 Å². The third-order valence-electron chi connectivity index (χ3n) is 6.25. The number of carbonyl (C=O) groups excluding carboxylic acids is 1. The lowest BCUT2D eigenvalue weighted by Crippen LogP contribution is -2.58. The molecule has 1 aliphatic rings. The number of nitrogens with zero attached hydrogens (tertiary/aromatic N) is 3. The van der Waals surface area contributed by atoms with Gasteiger partial charge in [0.05, 0.1) is 16.6 Å². The summed E-state index contributed by atoms with van der Waals surface area (Å²) in [4.78, 5) is 27.8. The summed E-state index contributed by atoms with van der Waals surface area (Å²) < 4.78 is 0. The van der Waals surface area contributed by atoms with Gasteiger partial charge in [-0.15, -0.1) is 5.06 Å². The lowest BCUT2D eigenvalue weighted by Gasteiger charge is -2.50. The number of aromatic nitrogens is 2. The van der Waals surface area contributed by atoms with Crippen LogP contribution in [-0.2, 0) is 11.3 Å². The van der Waals surface area contributed by atoms with Crippen LogP contribution in [0.5, 0.6) is 0 Å². The number of benzene rings is 1. The first-order chi connectivity index (χ1) is 14.7. The van der Waals surface area contributed by atoms with Crippen molar-refractivity contribution in [1.29, 1.82) is 0 Å². The molecule has 0 atom stereocenters. The number of hydrogen-bond donors (Lipinski definition) is 0. The summed E-state index contributed by atoms with van der Waals surface area (Å²) in [5, 5.41) is 1.89. The highest BCUT2D eigenvalue weighted by Crippen LogP contribution is 2.38. The molecule has 1 aromatic heterocycles. The van der Waals surface area contributed by atoms with Crippen LogP contribution in [0.25, 0.3) is 11.4 Å². The number of rotatable bonds is 8. The molecule has 0 aliphatic carbocycles. The first-order valence-corrected chi connectivity index (χ1v) is 11.7. The van der Waals surface area contributed by atoms with Crippen molar-refractivity contribution in [2.45, 2.75) is 97.1 Å². The van der Waals surface area contributed by atoms with E-state index in [1.54, 1.807) is 12.1 Å². The van der Waals surface area contributed by atoms with Gasteiger partial charge in [-0.25, -0.2) is 14.8 Å². The van der Waals surface area contributed by atoms with Crippen LogP contribution in [0.4, 0.5) is 0 Å². The van der Waals surface area contributed by atoms with E-state index in [0.29, 0.717) is 11.4 Å². The first kappa shape index (κ1) is 23.4. The summed E-state index contributed by atoms with van der Waals surface area (Å²) in [5.74, 6) is 0.355. The molecule has 0 unspecified atom stereocenters. The van der Waals surface area contributed by atoms with Gasteiger partial charge in [-0.1, -0.05) is 38.3 Å². The number of piperidine rings is 1. The van der Waals surface area contributed by atoms with Gasteiger partial charge in [-0.2, -0.15) is 0 Å². The van der Waals surface area contributed by atoms with Crippen molar-refractivity contribution in [3.8, 4) is 11.4 Å². The Bertz CT molecular complexity index is 841. The van der Waals surface area contributed by atoms with Crippen LogP contribution in [0, 0.1) is 0 Å². The fourth-order valence-corrected chi connectivity index (χ4v) is 4.50. The van der Waals surface area contributed by atoms with E-state index in [1.807, 2.05) is 29.6 Å². The van der Waals surface area contributed by atoms with Gasteiger partial charge in [-0.05, 0) is 77.5 Å². The summed E-state index contributed by atoms with van der Waals surface area (Å²) in [6.45, 7) is 10.8. The fraction of sp³-hybridized carbons (Fsp3) is 0.577. The Balaban J connectivity index is 1.63. The summed E-state index contributed by atoms with van der Waals surface area (Å²) >= 11 is 0. The maximum atomic E-state index is 12.8. The summed E-state index contributed by atoms with van der Waals surface area (Å²) in [5.41, 5.74) is 2.25. The number of carbonyl (C=O) groups is 1. The molecule has 31 heavy (non-hydrogen) atoms. The van der Waals surface area contributed by atoms with Crippen molar-refractivity contribution in [2.75, 3.05) is 0 Å². The van der Waals surface area contributed by atoms with Crippen molar-refractivity contribution in [1.82, 2.24) is 15.0 Å². The topological polar surface area (TPSA) is 55.3 Å². The minimum Gasteiger partial charge on any atom is -0.363 e. The molecule has 1 fully saturated rings. The molecule has 0 spiro atoms. The maximum Gasteiger partial charge on any atom is 0.357 e. The van der Waals surface area contributed by atoms with Gasteiger partial charge >= 0.3 is 5.97 Å². The molecule has 168 valence electrons. The van der Waals surface area contributed by atoms with Crippen molar-refractivity contribution in [3.63, 3.8) is 0 Å². The molecule has 1 aliphatic heterocycles. The Kier molecular flexibility index (Phi) is 7.47. The van der Waals surface area contributed by atoms with Gasteiger partial charge in [0.2, 0.25) is 0 Å². The quantitative estimate of drug-likeness (QED) is 0.461. The second-order valence-corrected chi connectivity index (χ2v) is 9.95. The van der Waals surface area contributed by atoms with Gasteiger partial charge in [0.1, 0.15) is 0 Å². The molecule has 1 saturated heterocycles. The highest BCUT2D eigenvalue weighted by molar-refractivity contribution is 5.89. The smallest absolute Gasteiger partial charge is 0.357 e. The van der Waals surface area contributed by atoms with E-state index < -0.39 is 0 Å². The van der Waals surface area contributed by atoms with E-state index >= 15 is 0 Å². The molecule has 5 heteroatoms. The Hall–Kier alpha value is -2.27. The Morgan fingerprint density at radius 1 is 0.968 bits per heavy atom. The van der Waals surface area contributed by atoms with Gasteiger partial charge < -0.3 is 4.84 Å². The first-order valence-electron chi connectivity index (χ1n) is 11.7. The lowest BCUT2D eigenvalue weighted by atomic mass is 9.82. The molecule has 0 amide bonds. The second-order valence-electron chi connectivity index (χ2n) is 9.95. The van der Waals surface area contributed by atoms with Gasteiger partial charge in [0.15, 0.2) is 5.82 Å². The zero-order valence-electron chi connectivity index (χ0n) is 19.8. The van der Waals surface area contributed by atoms with E-state index in [4.69, 9.17) is 4.84 Å². The lowest BCUT2D eigenvalue weighted by molar-refractivity contribution is -0.240. The summed E-state index contributed by atoms with van der Waals surface area (Å²) in [7, 11) is 0. The molecule has 3 rings (SSSR count). The van der Waals surface area contributed by atoms with Gasteiger partial charge in [0, 0.05) is 18.0 Å². The van der Waals surface area contributed by atoms with Crippen LogP contribution >= 0.6 is 0 Å². The van der Waals surface area contributed by atoms with E-state index in [9.17, 15) is 4.79 Å². The average molecular weight is 424 g/mol. The largest absolute Gasteiger partial charge is 0.363 e. The average Bonchev–Trinajstić information content (AvgIpc) is 2.74. The normalized spacial score (nSPS) is 18.0. The Morgan fingerprint density at radius 3 is 2.16 bits per heavy atom. The second kappa shape index (κ2) is 9.90. The van der Waals surface area contributed by atoms with Crippen molar-refractivity contribution in [3.05, 3.63) is 47.8 Å². The number of hydroxylamine groups is 2. The highest BCUT2D eigenvalue weighted by atomic mass is 16.7. The standard InChI is InChI=1S/C26H37N3O2/c1-6-7-8-9-11-20-18-27-23(28-19-20)21-12-14-22(15-13-21)24(30)31-29-25(2,3)16-10-17-26(29,4)5/h12-15,18-19H,6-11,16-17H2,1-5H3. The zero-order chi connectivity index (χ0) is 22.5. The predicted octanol–water partition coefficient (Wildman–Crippen LogP) is 6.38. The van der Waals surface area contributed by atoms with Crippen molar-refractivity contribution >= 4 is 5.97 Å². The SMILES string of the molecule is CCCCCCc1cnc(-c2ccc(C(=O)ON3C(C)(C)CCCC3(C)C)cc2)nc1. The molecular formula is C26H37N3O2. The van der Waals surface area contributed by atoms with E-state index in [0.717, 1.165) is 31.2 Å². The van der Waals surface area contributed by atoms with Crippen molar-refractivity contribution in [2.24, 2.45) is 0 Å². The van der Waals surface area contributed by atoms with Crippen LogP contribution in [0.3, 0.4) is 0 Å². The molecule has 0 bridgehead atoms. The molecule has 0 N–H and O–H groups in total. The van der Waals surface area contributed by atoms with Crippen molar-refractivity contribution < 1.29 is 9.63 Å². The van der Waals surface area contributed by atoms with Crippen LogP contribution < -0.4 is 0 Å². The number of unbranched alkanes of at least 4 members (excludes halogenated alkanes) is 3. The van der Waals surface area contributed by atoms with E-state index in [2.05, 4.69) is 44.6 Å². The molecule has 2 aromatic rings. The summed E-state index contributed by atoms with van der Waals surface area (Å²) in [6, 6.07) is 7.37. The third kappa shape index (κ3) is 5.91. The summed E-state index contributed by atoms with van der Waals surface area (Å²) in [6.07, 6.45) is 13.0. The molecular weight excluding hydrogens is 386 g/mol. The predicted molar refractivity (Wildman–Crippen MR) is 125 cm³/mol. The Labute approximate surface area is 187 Å². The number of hydrogen-bond acceptors (Lipinski definition) is 5. The number of aryl methyl sites for hydroxylation is 1. The molecule has 5 nitrogen and oxygen atoms in total. The monoisotopic (exact) mass is 423 g/mol. The zero-order valence-corrected chi connectivity index (χ0v) is 19.8. The fourth-order valence-electron chi connectivity index (χ4n) is 4.50.